The monoisotopic (exact) mass is 285 g/mol. The highest BCUT2D eigenvalue weighted by Crippen LogP contribution is 2.13. The number of nitrogens with one attached hydrogen (secondary N) is 1. The Bertz CT molecular complexity index is 584. The Morgan fingerprint density at radius 2 is 1.81 bits per heavy atom. The fraction of sp³-hybridized carbons (Fsp3) is 0.235. The summed E-state index contributed by atoms with van der Waals surface area (Å²) < 4.78 is 10.7. The van der Waals surface area contributed by atoms with Crippen molar-refractivity contribution in [1.29, 1.82) is 0 Å². The fourth-order valence-electron chi connectivity index (χ4n) is 1.87. The summed E-state index contributed by atoms with van der Waals surface area (Å²) in [6.07, 6.45) is -0.544. The minimum Gasteiger partial charge on any atom is -0.497 e. The number of para-hydroxylation sites is 1. The van der Waals surface area contributed by atoms with Gasteiger partial charge in [-0.15, -0.1) is 0 Å². The minimum atomic E-state index is -0.544. The summed E-state index contributed by atoms with van der Waals surface area (Å²) >= 11 is 0. The molecule has 0 aliphatic rings. The van der Waals surface area contributed by atoms with Crippen LogP contribution in [0.15, 0.2) is 54.6 Å². The summed E-state index contributed by atoms with van der Waals surface area (Å²) in [6, 6.07) is 16.9. The highest BCUT2D eigenvalue weighted by Gasteiger charge is 2.14. The van der Waals surface area contributed by atoms with Gasteiger partial charge in [0.25, 0.3) is 5.91 Å². The number of rotatable bonds is 6. The molecule has 4 heteroatoms. The number of methoxy groups -OCH3 is 1. The van der Waals surface area contributed by atoms with Gasteiger partial charge in [0, 0.05) is 6.54 Å². The predicted molar refractivity (Wildman–Crippen MR) is 81.4 cm³/mol. The van der Waals surface area contributed by atoms with Crippen molar-refractivity contribution in [2.24, 2.45) is 0 Å². The SMILES string of the molecule is COc1cccc(CNC(=O)[C@@H](C)Oc2ccccc2)c1. The van der Waals surface area contributed by atoms with Gasteiger partial charge in [-0.3, -0.25) is 4.79 Å². The molecule has 2 rings (SSSR count). The smallest absolute Gasteiger partial charge is 0.261 e. The van der Waals surface area contributed by atoms with Crippen LogP contribution in [-0.4, -0.2) is 19.1 Å². The number of carbonyl (C=O) groups excluding carboxylic acids is 1. The van der Waals surface area contributed by atoms with Gasteiger partial charge in [-0.05, 0) is 36.8 Å². The molecule has 1 amide bonds. The molecule has 0 heterocycles. The highest BCUT2D eigenvalue weighted by molar-refractivity contribution is 5.80. The van der Waals surface area contributed by atoms with Gasteiger partial charge in [0.15, 0.2) is 6.10 Å². The zero-order chi connectivity index (χ0) is 15.1. The largest absolute Gasteiger partial charge is 0.497 e. The molecule has 1 N–H and O–H groups in total. The van der Waals surface area contributed by atoms with Crippen LogP contribution in [0.5, 0.6) is 11.5 Å². The van der Waals surface area contributed by atoms with E-state index in [-0.39, 0.29) is 5.91 Å². The molecule has 0 spiro atoms. The fourth-order valence-corrected chi connectivity index (χ4v) is 1.87. The molecule has 4 nitrogen and oxygen atoms in total. The first kappa shape index (κ1) is 14.9. The van der Waals surface area contributed by atoms with Crippen LogP contribution in [0.2, 0.25) is 0 Å². The highest BCUT2D eigenvalue weighted by atomic mass is 16.5. The quantitative estimate of drug-likeness (QED) is 0.887. The molecule has 0 aromatic heterocycles. The Morgan fingerprint density at radius 3 is 2.52 bits per heavy atom. The van der Waals surface area contributed by atoms with Crippen molar-refractivity contribution in [3.05, 3.63) is 60.2 Å². The average Bonchev–Trinajstić information content (AvgIpc) is 2.53. The molecular formula is C17H19NO3. The molecular weight excluding hydrogens is 266 g/mol. The molecule has 2 aromatic rings. The third-order valence-corrected chi connectivity index (χ3v) is 3.03. The first-order chi connectivity index (χ1) is 10.2. The summed E-state index contributed by atoms with van der Waals surface area (Å²) in [4.78, 5) is 12.0. The van der Waals surface area contributed by atoms with Crippen molar-refractivity contribution in [3.8, 4) is 11.5 Å². The van der Waals surface area contributed by atoms with E-state index in [0.717, 1.165) is 11.3 Å². The van der Waals surface area contributed by atoms with Crippen molar-refractivity contribution in [1.82, 2.24) is 5.32 Å². The first-order valence-corrected chi connectivity index (χ1v) is 6.81. The van der Waals surface area contributed by atoms with Crippen LogP contribution in [0, 0.1) is 0 Å². The van der Waals surface area contributed by atoms with Crippen molar-refractivity contribution < 1.29 is 14.3 Å². The molecule has 0 aliphatic carbocycles. The van der Waals surface area contributed by atoms with Crippen LogP contribution in [-0.2, 0) is 11.3 Å². The predicted octanol–water partition coefficient (Wildman–Crippen LogP) is 2.78. The maximum absolute atomic E-state index is 12.0. The van der Waals surface area contributed by atoms with E-state index in [1.807, 2.05) is 54.6 Å². The summed E-state index contributed by atoms with van der Waals surface area (Å²) in [5.74, 6) is 1.30. The lowest BCUT2D eigenvalue weighted by molar-refractivity contribution is -0.127. The zero-order valence-electron chi connectivity index (χ0n) is 12.2. The molecule has 0 aliphatic heterocycles. The molecule has 0 radical (unpaired) electrons. The van der Waals surface area contributed by atoms with Crippen LogP contribution < -0.4 is 14.8 Å². The van der Waals surface area contributed by atoms with Gasteiger partial charge in [-0.1, -0.05) is 30.3 Å². The normalized spacial score (nSPS) is 11.5. The molecule has 0 bridgehead atoms. The number of hydrogen-bond donors (Lipinski definition) is 1. The molecule has 0 saturated carbocycles. The topological polar surface area (TPSA) is 47.6 Å². The van der Waals surface area contributed by atoms with Crippen LogP contribution >= 0.6 is 0 Å². The standard InChI is InChI=1S/C17H19NO3/c1-13(21-15-8-4-3-5-9-15)17(19)18-12-14-7-6-10-16(11-14)20-2/h3-11,13H,12H2,1-2H3,(H,18,19)/t13-/m1/s1. The minimum absolute atomic E-state index is 0.151. The lowest BCUT2D eigenvalue weighted by Crippen LogP contribution is -2.35. The lowest BCUT2D eigenvalue weighted by Gasteiger charge is -2.14. The summed E-state index contributed by atoms with van der Waals surface area (Å²) in [5.41, 5.74) is 0.981. The molecule has 0 unspecified atom stereocenters. The van der Waals surface area contributed by atoms with Crippen LogP contribution in [0.25, 0.3) is 0 Å². The Morgan fingerprint density at radius 1 is 1.10 bits per heavy atom. The van der Waals surface area contributed by atoms with Crippen LogP contribution in [0.4, 0.5) is 0 Å². The van der Waals surface area contributed by atoms with Crippen molar-refractivity contribution in [2.45, 2.75) is 19.6 Å². The first-order valence-electron chi connectivity index (χ1n) is 6.81. The van der Waals surface area contributed by atoms with Crippen molar-refractivity contribution >= 4 is 5.91 Å². The van der Waals surface area contributed by atoms with E-state index in [1.165, 1.54) is 0 Å². The van der Waals surface area contributed by atoms with Gasteiger partial charge in [0.05, 0.1) is 7.11 Å². The maximum atomic E-state index is 12.0. The number of benzene rings is 2. The summed E-state index contributed by atoms with van der Waals surface area (Å²) in [5, 5.41) is 2.85. The van der Waals surface area contributed by atoms with E-state index in [9.17, 15) is 4.79 Å². The molecule has 110 valence electrons. The molecule has 1 atom stereocenters. The second-order valence-electron chi connectivity index (χ2n) is 4.64. The molecule has 21 heavy (non-hydrogen) atoms. The zero-order valence-corrected chi connectivity index (χ0v) is 12.2. The Balaban J connectivity index is 1.86. The summed E-state index contributed by atoms with van der Waals surface area (Å²) in [6.45, 7) is 2.17. The Kier molecular flexibility index (Phi) is 5.21. The van der Waals surface area contributed by atoms with Crippen LogP contribution in [0.1, 0.15) is 12.5 Å². The third-order valence-electron chi connectivity index (χ3n) is 3.03. The second-order valence-corrected chi connectivity index (χ2v) is 4.64. The van der Waals surface area contributed by atoms with E-state index in [4.69, 9.17) is 9.47 Å². The van der Waals surface area contributed by atoms with Gasteiger partial charge in [-0.25, -0.2) is 0 Å². The number of ether oxygens (including phenoxy) is 2. The third kappa shape index (κ3) is 4.53. The Labute approximate surface area is 124 Å². The summed E-state index contributed by atoms with van der Waals surface area (Å²) in [7, 11) is 1.62. The van der Waals surface area contributed by atoms with Crippen molar-refractivity contribution in [2.75, 3.05) is 7.11 Å². The van der Waals surface area contributed by atoms with E-state index in [0.29, 0.717) is 12.3 Å². The van der Waals surface area contributed by atoms with E-state index in [2.05, 4.69) is 5.32 Å². The molecule has 0 saturated heterocycles. The van der Waals surface area contributed by atoms with Gasteiger partial charge in [-0.2, -0.15) is 0 Å². The van der Waals surface area contributed by atoms with Gasteiger partial charge < -0.3 is 14.8 Å². The maximum Gasteiger partial charge on any atom is 0.261 e. The van der Waals surface area contributed by atoms with Gasteiger partial charge >= 0.3 is 0 Å². The molecule has 2 aromatic carbocycles. The second kappa shape index (κ2) is 7.33. The lowest BCUT2D eigenvalue weighted by atomic mass is 10.2. The van der Waals surface area contributed by atoms with Crippen molar-refractivity contribution in [3.63, 3.8) is 0 Å². The van der Waals surface area contributed by atoms with E-state index in [1.54, 1.807) is 14.0 Å². The number of amides is 1. The number of hydrogen-bond acceptors (Lipinski definition) is 3. The Hall–Kier alpha value is -2.49. The van der Waals surface area contributed by atoms with Crippen LogP contribution in [0.3, 0.4) is 0 Å². The van der Waals surface area contributed by atoms with Gasteiger partial charge in [0.2, 0.25) is 0 Å². The number of carbonyl (C=O) groups is 1. The van der Waals surface area contributed by atoms with E-state index < -0.39 is 6.10 Å². The van der Waals surface area contributed by atoms with Gasteiger partial charge in [0.1, 0.15) is 11.5 Å². The average molecular weight is 285 g/mol. The molecule has 0 fully saturated rings. The van der Waals surface area contributed by atoms with E-state index >= 15 is 0 Å².